The molecule has 0 amide bonds. The van der Waals surface area contributed by atoms with Gasteiger partial charge in [0.25, 0.3) is 0 Å². The second kappa shape index (κ2) is 8.28. The molecular formula is C19H23F3N2O2. The highest BCUT2D eigenvalue weighted by atomic mass is 19.4. The monoisotopic (exact) mass is 368 g/mol. The standard InChI is InChI=1S/C19H23F3N2O2/c20-19(21,22)17-5-4-14(12-23)11-18(17)24-8-6-15(7-9-24)26-13-16-3-1-2-10-25-16/h4-5,11,15-16H,1-3,6-10,13H2. The Hall–Kier alpha value is -1.78. The Kier molecular flexibility index (Phi) is 6.05. The minimum Gasteiger partial charge on any atom is -0.376 e. The molecule has 1 atom stereocenters. The Balaban J connectivity index is 1.60. The maximum Gasteiger partial charge on any atom is 0.418 e. The van der Waals surface area contributed by atoms with Gasteiger partial charge in [-0.05, 0) is 50.3 Å². The van der Waals surface area contributed by atoms with E-state index in [0.29, 0.717) is 32.5 Å². The van der Waals surface area contributed by atoms with Crippen molar-refractivity contribution in [2.24, 2.45) is 0 Å². The third-order valence-electron chi connectivity index (χ3n) is 5.01. The SMILES string of the molecule is N#Cc1ccc(C(F)(F)F)c(N2CCC(OCC3CCCCO3)CC2)c1. The van der Waals surface area contributed by atoms with Crippen molar-refractivity contribution in [1.29, 1.82) is 5.26 Å². The van der Waals surface area contributed by atoms with Gasteiger partial charge in [-0.25, -0.2) is 0 Å². The van der Waals surface area contributed by atoms with Crippen LogP contribution in [0.25, 0.3) is 0 Å². The molecule has 2 aliphatic rings. The van der Waals surface area contributed by atoms with Crippen LogP contribution in [0.15, 0.2) is 18.2 Å². The summed E-state index contributed by atoms with van der Waals surface area (Å²) in [7, 11) is 0. The Bertz CT molecular complexity index is 643. The van der Waals surface area contributed by atoms with Crippen molar-refractivity contribution < 1.29 is 22.6 Å². The normalized spacial score (nSPS) is 22.2. The van der Waals surface area contributed by atoms with Crippen LogP contribution in [0.5, 0.6) is 0 Å². The Morgan fingerprint density at radius 2 is 1.96 bits per heavy atom. The van der Waals surface area contributed by atoms with E-state index < -0.39 is 11.7 Å². The lowest BCUT2D eigenvalue weighted by Gasteiger charge is -2.35. The van der Waals surface area contributed by atoms with Crippen molar-refractivity contribution in [2.75, 3.05) is 31.2 Å². The van der Waals surface area contributed by atoms with Crippen LogP contribution in [0.2, 0.25) is 0 Å². The third-order valence-corrected chi connectivity index (χ3v) is 5.01. The van der Waals surface area contributed by atoms with E-state index in [2.05, 4.69) is 0 Å². The van der Waals surface area contributed by atoms with Crippen LogP contribution >= 0.6 is 0 Å². The van der Waals surface area contributed by atoms with Gasteiger partial charge in [-0.2, -0.15) is 18.4 Å². The summed E-state index contributed by atoms with van der Waals surface area (Å²) in [5, 5.41) is 9.01. The molecule has 0 radical (unpaired) electrons. The van der Waals surface area contributed by atoms with E-state index in [4.69, 9.17) is 14.7 Å². The number of hydrogen-bond acceptors (Lipinski definition) is 4. The van der Waals surface area contributed by atoms with E-state index in [0.717, 1.165) is 31.9 Å². The Morgan fingerprint density at radius 3 is 2.58 bits per heavy atom. The van der Waals surface area contributed by atoms with Gasteiger partial charge in [-0.1, -0.05) is 0 Å². The summed E-state index contributed by atoms with van der Waals surface area (Å²) >= 11 is 0. The van der Waals surface area contributed by atoms with Gasteiger partial charge < -0.3 is 14.4 Å². The highest BCUT2D eigenvalue weighted by Gasteiger charge is 2.36. The molecule has 7 heteroatoms. The number of anilines is 1. The minimum atomic E-state index is -4.44. The van der Waals surface area contributed by atoms with Crippen molar-refractivity contribution in [3.63, 3.8) is 0 Å². The first kappa shape index (κ1) is 19.0. The molecule has 2 saturated heterocycles. The van der Waals surface area contributed by atoms with Crippen molar-refractivity contribution in [2.45, 2.75) is 50.5 Å². The average molecular weight is 368 g/mol. The van der Waals surface area contributed by atoms with Crippen molar-refractivity contribution >= 4 is 5.69 Å². The molecule has 142 valence electrons. The van der Waals surface area contributed by atoms with Crippen molar-refractivity contribution in [3.05, 3.63) is 29.3 Å². The van der Waals surface area contributed by atoms with Crippen LogP contribution in [-0.4, -0.2) is 38.5 Å². The van der Waals surface area contributed by atoms with E-state index in [-0.39, 0.29) is 23.5 Å². The molecule has 4 nitrogen and oxygen atoms in total. The Labute approximate surface area is 151 Å². The largest absolute Gasteiger partial charge is 0.418 e. The lowest BCUT2D eigenvalue weighted by atomic mass is 10.0. The predicted octanol–water partition coefficient (Wildman–Crippen LogP) is 4.13. The van der Waals surface area contributed by atoms with Crippen LogP contribution in [-0.2, 0) is 15.7 Å². The van der Waals surface area contributed by atoms with E-state index in [9.17, 15) is 13.2 Å². The van der Waals surface area contributed by atoms with Crippen LogP contribution in [0, 0.1) is 11.3 Å². The number of nitriles is 1. The lowest BCUT2D eigenvalue weighted by Crippen LogP contribution is -2.39. The first-order chi connectivity index (χ1) is 12.5. The van der Waals surface area contributed by atoms with Crippen molar-refractivity contribution in [3.8, 4) is 6.07 Å². The van der Waals surface area contributed by atoms with E-state index >= 15 is 0 Å². The molecule has 2 heterocycles. The van der Waals surface area contributed by atoms with Gasteiger partial charge in [0, 0.05) is 19.7 Å². The van der Waals surface area contributed by atoms with E-state index in [1.54, 1.807) is 4.90 Å². The predicted molar refractivity (Wildman–Crippen MR) is 90.9 cm³/mol. The summed E-state index contributed by atoms with van der Waals surface area (Å²) in [5.41, 5.74) is -0.363. The second-order valence-corrected chi connectivity index (χ2v) is 6.85. The number of piperidine rings is 1. The number of alkyl halides is 3. The van der Waals surface area contributed by atoms with Gasteiger partial charge in [0.15, 0.2) is 0 Å². The first-order valence-electron chi connectivity index (χ1n) is 9.07. The van der Waals surface area contributed by atoms with Crippen LogP contribution in [0.1, 0.15) is 43.2 Å². The topological polar surface area (TPSA) is 45.5 Å². The summed E-state index contributed by atoms with van der Waals surface area (Å²) in [5.74, 6) is 0. The third kappa shape index (κ3) is 4.68. The lowest BCUT2D eigenvalue weighted by molar-refractivity contribution is -0.137. The zero-order valence-corrected chi connectivity index (χ0v) is 14.6. The molecule has 0 bridgehead atoms. The number of hydrogen-bond donors (Lipinski definition) is 0. The molecule has 0 aromatic heterocycles. The zero-order chi connectivity index (χ0) is 18.6. The van der Waals surface area contributed by atoms with Gasteiger partial charge in [0.2, 0.25) is 0 Å². The molecule has 3 rings (SSSR count). The van der Waals surface area contributed by atoms with E-state index in [1.807, 2.05) is 6.07 Å². The maximum absolute atomic E-state index is 13.3. The smallest absolute Gasteiger partial charge is 0.376 e. The van der Waals surface area contributed by atoms with Gasteiger partial charge in [-0.3, -0.25) is 0 Å². The van der Waals surface area contributed by atoms with Gasteiger partial charge >= 0.3 is 6.18 Å². The first-order valence-corrected chi connectivity index (χ1v) is 9.07. The molecule has 2 aliphatic heterocycles. The molecule has 0 N–H and O–H groups in total. The quantitative estimate of drug-likeness (QED) is 0.802. The van der Waals surface area contributed by atoms with Gasteiger partial charge in [0.1, 0.15) is 0 Å². The minimum absolute atomic E-state index is 0.0465. The Morgan fingerprint density at radius 1 is 1.19 bits per heavy atom. The number of rotatable bonds is 4. The molecule has 0 saturated carbocycles. The summed E-state index contributed by atoms with van der Waals surface area (Å²) in [6, 6.07) is 5.46. The maximum atomic E-state index is 13.3. The molecule has 26 heavy (non-hydrogen) atoms. The fraction of sp³-hybridized carbons (Fsp3) is 0.632. The molecule has 0 spiro atoms. The highest BCUT2D eigenvalue weighted by Crippen LogP contribution is 2.38. The molecule has 0 aliphatic carbocycles. The molecule has 1 aromatic rings. The summed E-state index contributed by atoms with van der Waals surface area (Å²) < 4.78 is 51.5. The molecular weight excluding hydrogens is 345 g/mol. The number of ether oxygens (including phenoxy) is 2. The molecule has 1 unspecified atom stereocenters. The number of benzene rings is 1. The zero-order valence-electron chi connectivity index (χ0n) is 14.6. The average Bonchev–Trinajstić information content (AvgIpc) is 2.66. The van der Waals surface area contributed by atoms with Gasteiger partial charge in [0.05, 0.1) is 41.7 Å². The fourth-order valence-electron chi connectivity index (χ4n) is 3.55. The van der Waals surface area contributed by atoms with Gasteiger partial charge in [-0.15, -0.1) is 0 Å². The summed E-state index contributed by atoms with van der Waals surface area (Å²) in [4.78, 5) is 1.71. The highest BCUT2D eigenvalue weighted by molar-refractivity contribution is 5.59. The number of nitrogens with zero attached hydrogens (tertiary/aromatic N) is 2. The van der Waals surface area contributed by atoms with E-state index in [1.165, 1.54) is 12.1 Å². The van der Waals surface area contributed by atoms with Crippen molar-refractivity contribution in [1.82, 2.24) is 0 Å². The fourth-order valence-corrected chi connectivity index (χ4v) is 3.55. The summed E-state index contributed by atoms with van der Waals surface area (Å²) in [6.07, 6.45) is 0.349. The van der Waals surface area contributed by atoms with Crippen LogP contribution < -0.4 is 4.90 Å². The van der Waals surface area contributed by atoms with Crippen LogP contribution in [0.4, 0.5) is 18.9 Å². The summed E-state index contributed by atoms with van der Waals surface area (Å²) in [6.45, 7) is 2.30. The van der Waals surface area contributed by atoms with Crippen LogP contribution in [0.3, 0.4) is 0 Å². The molecule has 2 fully saturated rings. The second-order valence-electron chi connectivity index (χ2n) is 6.85. The molecule has 1 aromatic carbocycles. The number of halogens is 3.